The van der Waals surface area contributed by atoms with Crippen LogP contribution in [-0.4, -0.2) is 47.9 Å². The molecule has 1 aliphatic heterocycles. The summed E-state index contributed by atoms with van der Waals surface area (Å²) < 4.78 is 24.4. The zero-order valence-electron chi connectivity index (χ0n) is 12.2. The van der Waals surface area contributed by atoms with Crippen LogP contribution in [0.1, 0.15) is 12.8 Å². The lowest BCUT2D eigenvalue weighted by atomic mass is 9.98. The van der Waals surface area contributed by atoms with Crippen LogP contribution in [0.25, 0.3) is 0 Å². The highest BCUT2D eigenvalue weighted by Crippen LogP contribution is 2.26. The number of thioether (sulfide) groups is 1. The molecule has 22 heavy (non-hydrogen) atoms. The average Bonchev–Trinajstić information content (AvgIpc) is 2.49. The molecule has 0 bridgehead atoms. The van der Waals surface area contributed by atoms with E-state index in [9.17, 15) is 13.6 Å². The summed E-state index contributed by atoms with van der Waals surface area (Å²) >= 11 is 0.482. The minimum absolute atomic E-state index is 0.114. The molecule has 0 atom stereocenters. The van der Waals surface area contributed by atoms with Crippen molar-refractivity contribution in [2.75, 3.05) is 31.6 Å². The summed E-state index contributed by atoms with van der Waals surface area (Å²) in [6, 6.07) is 6.39. The van der Waals surface area contributed by atoms with E-state index in [4.69, 9.17) is 5.11 Å². The van der Waals surface area contributed by atoms with E-state index in [2.05, 4.69) is 10.2 Å². The maximum absolute atomic E-state index is 12.2. The number of hydrogen-bond acceptors (Lipinski definition) is 4. The quantitative estimate of drug-likeness (QED) is 0.788. The van der Waals surface area contributed by atoms with Crippen LogP contribution in [0.2, 0.25) is 0 Å². The summed E-state index contributed by atoms with van der Waals surface area (Å²) in [4.78, 5) is 14.5. The van der Waals surface area contributed by atoms with Gasteiger partial charge in [-0.2, -0.15) is 8.78 Å². The van der Waals surface area contributed by atoms with Crippen LogP contribution in [0.4, 0.5) is 14.5 Å². The molecule has 1 fully saturated rings. The number of aliphatic hydroxyl groups excluding tert-OH is 1. The van der Waals surface area contributed by atoms with E-state index in [1.54, 1.807) is 24.3 Å². The van der Waals surface area contributed by atoms with E-state index in [-0.39, 0.29) is 12.5 Å². The summed E-state index contributed by atoms with van der Waals surface area (Å²) in [5, 5.41) is 11.9. The minimum Gasteiger partial charge on any atom is -0.396 e. The van der Waals surface area contributed by atoms with E-state index >= 15 is 0 Å². The number of anilines is 1. The lowest BCUT2D eigenvalue weighted by molar-refractivity contribution is -0.117. The molecule has 0 aliphatic carbocycles. The Bertz CT molecular complexity index is 477. The third-order valence-electron chi connectivity index (χ3n) is 3.70. The summed E-state index contributed by atoms with van der Waals surface area (Å²) in [5.74, 6) is -2.21. The van der Waals surface area contributed by atoms with E-state index in [1.165, 1.54) is 0 Å². The Balaban J connectivity index is 1.77. The second-order valence-electron chi connectivity index (χ2n) is 5.35. The number of aliphatic hydroxyl groups is 1. The van der Waals surface area contributed by atoms with Crippen molar-refractivity contribution >= 4 is 23.4 Å². The van der Waals surface area contributed by atoms with Crippen molar-refractivity contribution in [3.63, 3.8) is 0 Å². The molecule has 1 aromatic rings. The summed E-state index contributed by atoms with van der Waals surface area (Å²) in [7, 11) is 0. The number of rotatable bonds is 6. The molecule has 0 spiro atoms. The van der Waals surface area contributed by atoms with E-state index < -0.39 is 5.76 Å². The van der Waals surface area contributed by atoms with Gasteiger partial charge in [-0.05, 0) is 56.1 Å². The number of benzene rings is 1. The van der Waals surface area contributed by atoms with Gasteiger partial charge in [0.2, 0.25) is 5.91 Å². The van der Waals surface area contributed by atoms with Gasteiger partial charge in [-0.15, -0.1) is 0 Å². The van der Waals surface area contributed by atoms with Gasteiger partial charge in [0, 0.05) is 17.2 Å². The zero-order valence-corrected chi connectivity index (χ0v) is 13.0. The number of likely N-dealkylation sites (tertiary alicyclic amines) is 1. The standard InChI is InChI=1S/C15H20F2N2O2S/c16-15(17)22-13-3-1-12(2-4-13)18-14(21)9-19-7-5-11(10-20)6-8-19/h1-4,11,15,20H,5-10H2,(H,18,21). The van der Waals surface area contributed by atoms with Crippen molar-refractivity contribution < 1.29 is 18.7 Å². The fourth-order valence-corrected chi connectivity index (χ4v) is 2.95. The maximum Gasteiger partial charge on any atom is 0.288 e. The molecule has 0 saturated carbocycles. The Morgan fingerprint density at radius 3 is 2.50 bits per heavy atom. The van der Waals surface area contributed by atoms with Crippen molar-refractivity contribution in [2.45, 2.75) is 23.5 Å². The second-order valence-corrected chi connectivity index (χ2v) is 6.42. The van der Waals surface area contributed by atoms with E-state index in [1.807, 2.05) is 0 Å². The Morgan fingerprint density at radius 1 is 1.32 bits per heavy atom. The maximum atomic E-state index is 12.2. The Kier molecular flexibility index (Phi) is 6.60. The summed E-state index contributed by atoms with van der Waals surface area (Å²) in [6.07, 6.45) is 1.81. The van der Waals surface area contributed by atoms with Gasteiger partial charge in [0.25, 0.3) is 5.76 Å². The molecule has 7 heteroatoms. The smallest absolute Gasteiger partial charge is 0.288 e. The molecule has 2 rings (SSSR count). The van der Waals surface area contributed by atoms with Crippen LogP contribution in [0.15, 0.2) is 29.2 Å². The van der Waals surface area contributed by atoms with Crippen LogP contribution >= 0.6 is 11.8 Å². The molecule has 0 unspecified atom stereocenters. The van der Waals surface area contributed by atoms with Crippen LogP contribution in [0.3, 0.4) is 0 Å². The molecule has 1 amide bonds. The number of halogens is 2. The molecule has 2 N–H and O–H groups in total. The molecule has 0 radical (unpaired) electrons. The Morgan fingerprint density at radius 2 is 1.95 bits per heavy atom. The topological polar surface area (TPSA) is 52.6 Å². The fraction of sp³-hybridized carbons (Fsp3) is 0.533. The van der Waals surface area contributed by atoms with Crippen molar-refractivity contribution in [2.24, 2.45) is 5.92 Å². The molecular weight excluding hydrogens is 310 g/mol. The Labute approximate surface area is 132 Å². The molecule has 1 aromatic carbocycles. The van der Waals surface area contributed by atoms with Gasteiger partial charge in [0.05, 0.1) is 6.54 Å². The van der Waals surface area contributed by atoms with Gasteiger partial charge in [-0.3, -0.25) is 9.69 Å². The van der Waals surface area contributed by atoms with E-state index in [0.29, 0.717) is 34.8 Å². The fourth-order valence-electron chi connectivity index (χ4n) is 2.45. The Hall–Kier alpha value is -1.18. The second kappa shape index (κ2) is 8.45. The first-order valence-electron chi connectivity index (χ1n) is 7.24. The number of alkyl halides is 2. The largest absolute Gasteiger partial charge is 0.396 e. The predicted molar refractivity (Wildman–Crippen MR) is 83.2 cm³/mol. The van der Waals surface area contributed by atoms with Crippen molar-refractivity contribution in [1.29, 1.82) is 0 Å². The number of carbonyl (C=O) groups excluding carboxylic acids is 1. The van der Waals surface area contributed by atoms with Crippen molar-refractivity contribution in [1.82, 2.24) is 4.90 Å². The highest BCUT2D eigenvalue weighted by molar-refractivity contribution is 7.99. The van der Waals surface area contributed by atoms with Gasteiger partial charge in [-0.25, -0.2) is 0 Å². The van der Waals surface area contributed by atoms with Crippen molar-refractivity contribution in [3.05, 3.63) is 24.3 Å². The predicted octanol–water partition coefficient (Wildman–Crippen LogP) is 2.64. The minimum atomic E-state index is -2.44. The third-order valence-corrected chi connectivity index (χ3v) is 4.42. The monoisotopic (exact) mass is 330 g/mol. The zero-order chi connectivity index (χ0) is 15.9. The average molecular weight is 330 g/mol. The van der Waals surface area contributed by atoms with Crippen LogP contribution < -0.4 is 5.32 Å². The highest BCUT2D eigenvalue weighted by Gasteiger charge is 2.20. The first kappa shape index (κ1) is 17.2. The van der Waals surface area contributed by atoms with Crippen molar-refractivity contribution in [3.8, 4) is 0 Å². The van der Waals surface area contributed by atoms with Crippen LogP contribution in [0, 0.1) is 5.92 Å². The SMILES string of the molecule is O=C(CN1CCC(CO)CC1)Nc1ccc(SC(F)F)cc1. The summed E-state index contributed by atoms with van der Waals surface area (Å²) in [5.41, 5.74) is 0.605. The highest BCUT2D eigenvalue weighted by atomic mass is 32.2. The molecule has 1 aliphatic rings. The molecule has 4 nitrogen and oxygen atoms in total. The number of carbonyl (C=O) groups is 1. The van der Waals surface area contributed by atoms with Gasteiger partial charge < -0.3 is 10.4 Å². The number of nitrogens with one attached hydrogen (secondary N) is 1. The third kappa shape index (κ3) is 5.55. The molecule has 1 saturated heterocycles. The first-order valence-corrected chi connectivity index (χ1v) is 8.12. The van der Waals surface area contributed by atoms with Crippen LogP contribution in [0.5, 0.6) is 0 Å². The summed E-state index contributed by atoms with van der Waals surface area (Å²) in [6.45, 7) is 2.14. The lowest BCUT2D eigenvalue weighted by Gasteiger charge is -2.30. The molecule has 0 aromatic heterocycles. The van der Waals surface area contributed by atoms with Gasteiger partial charge in [0.1, 0.15) is 0 Å². The molecule has 122 valence electrons. The lowest BCUT2D eigenvalue weighted by Crippen LogP contribution is -2.39. The van der Waals surface area contributed by atoms with Gasteiger partial charge in [-0.1, -0.05) is 11.8 Å². The number of hydrogen-bond donors (Lipinski definition) is 2. The molecular formula is C15H20F2N2O2S. The van der Waals surface area contributed by atoms with Gasteiger partial charge in [0.15, 0.2) is 0 Å². The van der Waals surface area contributed by atoms with Crippen LogP contribution in [-0.2, 0) is 4.79 Å². The normalized spacial score (nSPS) is 16.9. The number of piperidine rings is 1. The van der Waals surface area contributed by atoms with Gasteiger partial charge >= 0.3 is 0 Å². The first-order chi connectivity index (χ1) is 10.6. The van der Waals surface area contributed by atoms with E-state index in [0.717, 1.165) is 25.9 Å². The number of amides is 1. The number of nitrogens with zero attached hydrogens (tertiary/aromatic N) is 1. The molecule has 1 heterocycles.